The lowest BCUT2D eigenvalue weighted by Gasteiger charge is -2.04. The van der Waals surface area contributed by atoms with Gasteiger partial charge < -0.3 is 0 Å². The molecule has 0 radical (unpaired) electrons. The summed E-state index contributed by atoms with van der Waals surface area (Å²) in [6, 6.07) is 10.5. The summed E-state index contributed by atoms with van der Waals surface area (Å²) in [5, 5.41) is 7.05. The molecule has 0 spiro atoms. The third-order valence-electron chi connectivity index (χ3n) is 3.92. The summed E-state index contributed by atoms with van der Waals surface area (Å²) in [6.07, 6.45) is 2.02. The first-order valence-corrected chi connectivity index (χ1v) is 7.80. The number of aryl methyl sites for hydroxylation is 3. The standard InChI is InChI=1S/C17H15N3.C2H6/c1-10-7-8-20-14(9-10)15-12(3)18-16-11(2)5-4-6-13(16)17(15)19-20;1-2/h4-9H,1-3H3;1-2H3. The Morgan fingerprint density at radius 2 is 1.73 bits per heavy atom. The van der Waals surface area contributed by atoms with Gasteiger partial charge in [0.05, 0.1) is 11.0 Å². The van der Waals surface area contributed by atoms with Crippen LogP contribution in [-0.2, 0) is 0 Å². The summed E-state index contributed by atoms with van der Waals surface area (Å²) in [5.74, 6) is 0. The Kier molecular flexibility index (Phi) is 3.57. The average Bonchev–Trinajstić information content (AvgIpc) is 2.90. The van der Waals surface area contributed by atoms with Crippen LogP contribution in [0, 0.1) is 20.8 Å². The molecular formula is C19H21N3. The van der Waals surface area contributed by atoms with Gasteiger partial charge in [-0.2, -0.15) is 5.10 Å². The molecule has 0 aliphatic carbocycles. The van der Waals surface area contributed by atoms with Crippen LogP contribution >= 0.6 is 0 Å². The molecule has 0 N–H and O–H groups in total. The van der Waals surface area contributed by atoms with Crippen LogP contribution < -0.4 is 0 Å². The maximum absolute atomic E-state index is 4.80. The number of fused-ring (bicyclic) bond motifs is 5. The first-order chi connectivity index (χ1) is 10.6. The predicted octanol–water partition coefficient (Wildman–Crippen LogP) is 4.99. The third-order valence-corrected chi connectivity index (χ3v) is 3.92. The molecule has 0 unspecified atom stereocenters. The van der Waals surface area contributed by atoms with Crippen LogP contribution in [0.15, 0.2) is 36.5 Å². The van der Waals surface area contributed by atoms with Crippen LogP contribution in [0.4, 0.5) is 0 Å². The molecule has 0 amide bonds. The number of hydrogen-bond acceptors (Lipinski definition) is 2. The summed E-state index contributed by atoms with van der Waals surface area (Å²) >= 11 is 0. The molecule has 3 nitrogen and oxygen atoms in total. The zero-order valence-electron chi connectivity index (χ0n) is 13.8. The van der Waals surface area contributed by atoms with Gasteiger partial charge in [0.1, 0.15) is 5.52 Å². The summed E-state index contributed by atoms with van der Waals surface area (Å²) in [4.78, 5) is 4.80. The first-order valence-electron chi connectivity index (χ1n) is 7.80. The van der Waals surface area contributed by atoms with E-state index in [9.17, 15) is 0 Å². The van der Waals surface area contributed by atoms with Crippen LogP contribution in [0.2, 0.25) is 0 Å². The van der Waals surface area contributed by atoms with Crippen LogP contribution in [0.25, 0.3) is 27.3 Å². The minimum atomic E-state index is 1.04. The van der Waals surface area contributed by atoms with E-state index in [0.29, 0.717) is 0 Å². The number of pyridine rings is 2. The van der Waals surface area contributed by atoms with Gasteiger partial charge >= 0.3 is 0 Å². The number of benzene rings is 1. The lowest BCUT2D eigenvalue weighted by atomic mass is 10.1. The molecule has 3 heteroatoms. The fraction of sp³-hybridized carbons (Fsp3) is 0.263. The topological polar surface area (TPSA) is 30.2 Å². The maximum Gasteiger partial charge on any atom is 0.105 e. The van der Waals surface area contributed by atoms with Gasteiger partial charge in [-0.15, -0.1) is 0 Å². The molecule has 0 bridgehead atoms. The molecule has 1 aromatic carbocycles. The number of para-hydroxylation sites is 1. The van der Waals surface area contributed by atoms with Gasteiger partial charge in [-0.1, -0.05) is 32.0 Å². The minimum Gasteiger partial charge on any atom is -0.252 e. The van der Waals surface area contributed by atoms with Crippen molar-refractivity contribution < 1.29 is 0 Å². The van der Waals surface area contributed by atoms with Gasteiger partial charge in [0.25, 0.3) is 0 Å². The highest BCUT2D eigenvalue weighted by Gasteiger charge is 2.13. The van der Waals surface area contributed by atoms with Crippen molar-refractivity contribution >= 4 is 27.3 Å². The highest BCUT2D eigenvalue weighted by atomic mass is 15.2. The molecule has 0 aliphatic rings. The van der Waals surface area contributed by atoms with E-state index in [1.54, 1.807) is 0 Å². The second-order valence-corrected chi connectivity index (χ2v) is 5.43. The SMILES string of the molecule is CC.Cc1ccn2nc3c4cccc(C)c4nc(C)c3c2c1. The van der Waals surface area contributed by atoms with Gasteiger partial charge in [-0.25, -0.2) is 4.52 Å². The Morgan fingerprint density at radius 3 is 2.50 bits per heavy atom. The van der Waals surface area contributed by atoms with Crippen molar-refractivity contribution in [1.29, 1.82) is 0 Å². The molecule has 3 heterocycles. The molecule has 0 atom stereocenters. The van der Waals surface area contributed by atoms with Crippen molar-refractivity contribution in [2.24, 2.45) is 0 Å². The Morgan fingerprint density at radius 1 is 0.955 bits per heavy atom. The number of aromatic nitrogens is 3. The maximum atomic E-state index is 4.80. The van der Waals surface area contributed by atoms with E-state index < -0.39 is 0 Å². The van der Waals surface area contributed by atoms with Gasteiger partial charge in [0.15, 0.2) is 0 Å². The number of hydrogen-bond donors (Lipinski definition) is 0. The van der Waals surface area contributed by atoms with Crippen molar-refractivity contribution in [1.82, 2.24) is 14.6 Å². The molecule has 22 heavy (non-hydrogen) atoms. The molecule has 0 saturated heterocycles. The predicted molar refractivity (Wildman–Crippen MR) is 93.6 cm³/mol. The monoisotopic (exact) mass is 291 g/mol. The number of nitrogens with zero attached hydrogens (tertiary/aromatic N) is 3. The van der Waals surface area contributed by atoms with E-state index in [1.807, 2.05) is 24.6 Å². The molecule has 3 aromatic heterocycles. The second kappa shape index (κ2) is 5.41. The normalized spacial score (nSPS) is 11.0. The number of rotatable bonds is 0. The largest absolute Gasteiger partial charge is 0.252 e. The summed E-state index contributed by atoms with van der Waals surface area (Å²) in [6.45, 7) is 10.3. The van der Waals surface area contributed by atoms with E-state index >= 15 is 0 Å². The van der Waals surface area contributed by atoms with Crippen LogP contribution in [0.1, 0.15) is 30.7 Å². The van der Waals surface area contributed by atoms with E-state index in [2.05, 4.69) is 51.1 Å². The fourth-order valence-electron chi connectivity index (χ4n) is 2.92. The van der Waals surface area contributed by atoms with Crippen LogP contribution in [0.5, 0.6) is 0 Å². The van der Waals surface area contributed by atoms with Crippen molar-refractivity contribution in [2.45, 2.75) is 34.6 Å². The Labute approximate surface area is 130 Å². The summed E-state index contributed by atoms with van der Waals surface area (Å²) in [7, 11) is 0. The van der Waals surface area contributed by atoms with E-state index in [1.165, 1.54) is 11.1 Å². The zero-order chi connectivity index (χ0) is 15.9. The van der Waals surface area contributed by atoms with Crippen molar-refractivity contribution in [3.8, 4) is 0 Å². The summed E-state index contributed by atoms with van der Waals surface area (Å²) in [5.41, 5.74) is 6.71. The second-order valence-electron chi connectivity index (χ2n) is 5.43. The average molecular weight is 291 g/mol. The molecule has 4 aromatic rings. The van der Waals surface area contributed by atoms with Crippen molar-refractivity contribution in [3.05, 3.63) is 53.3 Å². The minimum absolute atomic E-state index is 1.04. The molecule has 0 saturated carbocycles. The third kappa shape index (κ3) is 2.05. The fourth-order valence-corrected chi connectivity index (χ4v) is 2.92. The quantitative estimate of drug-likeness (QED) is 0.457. The van der Waals surface area contributed by atoms with Gasteiger partial charge in [0.2, 0.25) is 0 Å². The van der Waals surface area contributed by atoms with E-state index in [4.69, 9.17) is 10.1 Å². The van der Waals surface area contributed by atoms with Gasteiger partial charge in [0, 0.05) is 22.7 Å². The highest BCUT2D eigenvalue weighted by molar-refractivity contribution is 6.10. The summed E-state index contributed by atoms with van der Waals surface area (Å²) < 4.78 is 1.95. The molecule has 112 valence electrons. The smallest absolute Gasteiger partial charge is 0.105 e. The van der Waals surface area contributed by atoms with E-state index in [0.717, 1.165) is 33.0 Å². The van der Waals surface area contributed by atoms with Crippen molar-refractivity contribution in [2.75, 3.05) is 0 Å². The first kappa shape index (κ1) is 14.5. The van der Waals surface area contributed by atoms with Crippen molar-refractivity contribution in [3.63, 3.8) is 0 Å². The van der Waals surface area contributed by atoms with Gasteiger partial charge in [-0.3, -0.25) is 4.98 Å². The lowest BCUT2D eigenvalue weighted by molar-refractivity contribution is 0.979. The molecule has 0 fully saturated rings. The molecular weight excluding hydrogens is 270 g/mol. The van der Waals surface area contributed by atoms with Crippen LogP contribution in [0.3, 0.4) is 0 Å². The Balaban J connectivity index is 0.000000693. The van der Waals surface area contributed by atoms with Crippen LogP contribution in [-0.4, -0.2) is 14.6 Å². The lowest BCUT2D eigenvalue weighted by Crippen LogP contribution is -1.89. The molecule has 4 rings (SSSR count). The van der Waals surface area contributed by atoms with E-state index in [-0.39, 0.29) is 0 Å². The molecule has 0 aliphatic heterocycles. The van der Waals surface area contributed by atoms with Gasteiger partial charge in [-0.05, 0) is 44.0 Å². The Hall–Kier alpha value is -2.42. The highest BCUT2D eigenvalue weighted by Crippen LogP contribution is 2.30. The zero-order valence-corrected chi connectivity index (χ0v) is 13.8. The Bertz CT molecular complexity index is 980.